The molecule has 0 aliphatic heterocycles. The number of aromatic nitrogens is 2. The van der Waals surface area contributed by atoms with E-state index in [9.17, 15) is 19.7 Å². The van der Waals surface area contributed by atoms with Gasteiger partial charge in [0.05, 0.1) is 4.92 Å². The summed E-state index contributed by atoms with van der Waals surface area (Å²) in [6.07, 6.45) is 0. The van der Waals surface area contributed by atoms with Crippen molar-refractivity contribution in [2.75, 3.05) is 0 Å². The van der Waals surface area contributed by atoms with Gasteiger partial charge in [-0.2, -0.15) is 0 Å². The smallest absolute Gasteiger partial charge is 0.287 e. The van der Waals surface area contributed by atoms with Gasteiger partial charge in [-0.25, -0.2) is 4.79 Å². The lowest BCUT2D eigenvalue weighted by atomic mass is 10.2. The number of H-pyrrole nitrogens is 1. The molecule has 0 spiro atoms. The largest absolute Gasteiger partial charge is 0.438 e. The lowest BCUT2D eigenvalue weighted by molar-refractivity contribution is -0.672. The lowest BCUT2D eigenvalue weighted by Gasteiger charge is -1.92. The number of rotatable bonds is 3. The van der Waals surface area contributed by atoms with E-state index in [-0.39, 0.29) is 11.4 Å². The Bertz CT molecular complexity index is 668. The molecule has 0 radical (unpaired) electrons. The summed E-state index contributed by atoms with van der Waals surface area (Å²) in [7, 11) is 0. The van der Waals surface area contributed by atoms with E-state index in [1.807, 2.05) is 0 Å². The zero-order valence-corrected chi connectivity index (χ0v) is 9.25. The van der Waals surface area contributed by atoms with Gasteiger partial charge in [-0.3, -0.25) is 19.4 Å². The first-order chi connectivity index (χ1) is 8.50. The molecule has 0 amide bonds. The van der Waals surface area contributed by atoms with E-state index in [2.05, 4.69) is 9.79 Å². The van der Waals surface area contributed by atoms with Crippen molar-refractivity contribution in [1.29, 1.82) is 0 Å². The van der Waals surface area contributed by atoms with Gasteiger partial charge in [0.15, 0.2) is 0 Å². The average molecular weight is 250 g/mol. The van der Waals surface area contributed by atoms with Crippen LogP contribution in [0.4, 0.5) is 5.69 Å². The van der Waals surface area contributed by atoms with Crippen LogP contribution in [0.3, 0.4) is 0 Å². The highest BCUT2D eigenvalue weighted by molar-refractivity contribution is 5.90. The summed E-state index contributed by atoms with van der Waals surface area (Å²) in [5.41, 5.74) is -0.670. The summed E-state index contributed by atoms with van der Waals surface area (Å²) in [5, 5.41) is 12.8. The lowest BCUT2D eigenvalue weighted by Crippen LogP contribution is -2.40. The van der Waals surface area contributed by atoms with Crippen LogP contribution in [-0.2, 0) is 0 Å². The average Bonchev–Trinajstić information content (AvgIpc) is 2.71. The third-order valence-corrected chi connectivity index (χ3v) is 2.30. The molecule has 0 aliphatic carbocycles. The Morgan fingerprint density at radius 1 is 1.39 bits per heavy atom. The number of hydrogen-bond acceptors (Lipinski definition) is 5. The predicted molar refractivity (Wildman–Crippen MR) is 57.5 cm³/mol. The molecule has 8 heteroatoms. The first kappa shape index (κ1) is 11.7. The molecule has 0 aliphatic rings. The topological polar surface area (TPSA) is 110 Å². The molecule has 1 heterocycles. The number of nitrogens with zero attached hydrogens (tertiary/aromatic N) is 2. The van der Waals surface area contributed by atoms with E-state index in [4.69, 9.17) is 0 Å². The number of carbonyl (C=O) groups excluding carboxylic acids is 1. The molecule has 0 unspecified atom stereocenters. The van der Waals surface area contributed by atoms with Crippen LogP contribution in [0.2, 0.25) is 0 Å². The molecule has 0 bridgehead atoms. The van der Waals surface area contributed by atoms with Crippen molar-refractivity contribution >= 4 is 11.5 Å². The highest BCUT2D eigenvalue weighted by atomic mass is 16.6. The van der Waals surface area contributed by atoms with Gasteiger partial charge in [0, 0.05) is 31.2 Å². The van der Waals surface area contributed by atoms with Crippen LogP contribution < -0.4 is 10.3 Å². The minimum absolute atomic E-state index is 0.0884. The van der Waals surface area contributed by atoms with E-state index < -0.39 is 16.3 Å². The summed E-state index contributed by atoms with van der Waals surface area (Å²) in [5.74, 6) is -0.469. The number of aromatic amines is 1. The molecule has 1 aromatic heterocycles. The van der Waals surface area contributed by atoms with Crippen molar-refractivity contribution in [3.05, 3.63) is 50.5 Å². The maximum atomic E-state index is 11.3. The number of carbonyl (C=O) groups is 1. The second kappa shape index (κ2) is 4.24. The SMILES string of the molecule is CC(=O)c1c(=O)o[nH][n+]1-c1ccc([N+](=O)[O-])cc1. The zero-order chi connectivity index (χ0) is 13.3. The Morgan fingerprint density at radius 3 is 2.50 bits per heavy atom. The maximum Gasteiger partial charge on any atom is 0.438 e. The predicted octanol–water partition coefficient (Wildman–Crippen LogP) is 0.355. The summed E-state index contributed by atoms with van der Waals surface area (Å²) >= 11 is 0. The Morgan fingerprint density at radius 2 is 2.00 bits per heavy atom. The van der Waals surface area contributed by atoms with E-state index in [1.165, 1.54) is 31.2 Å². The van der Waals surface area contributed by atoms with Gasteiger partial charge < -0.3 is 0 Å². The van der Waals surface area contributed by atoms with Crippen LogP contribution in [0.25, 0.3) is 5.69 Å². The van der Waals surface area contributed by atoms with Gasteiger partial charge in [0.1, 0.15) is 0 Å². The molecule has 2 rings (SSSR count). The molecule has 0 saturated carbocycles. The van der Waals surface area contributed by atoms with Gasteiger partial charge in [0.2, 0.25) is 11.5 Å². The summed E-state index contributed by atoms with van der Waals surface area (Å²) in [6, 6.07) is 5.32. The summed E-state index contributed by atoms with van der Waals surface area (Å²) in [6.45, 7) is 1.22. The number of hydrogen-bond donors (Lipinski definition) is 1. The normalized spacial score (nSPS) is 10.3. The first-order valence-corrected chi connectivity index (χ1v) is 4.90. The molecule has 92 valence electrons. The minimum Gasteiger partial charge on any atom is -0.287 e. The number of nitro benzene ring substituents is 1. The molecule has 0 saturated heterocycles. The second-order valence-electron chi connectivity index (χ2n) is 3.49. The van der Waals surface area contributed by atoms with E-state index in [1.54, 1.807) is 0 Å². The molecular formula is C10H8N3O5+. The Kier molecular flexibility index (Phi) is 2.76. The number of Topliss-reactive ketones (excluding diaryl/α,β-unsaturated/α-hetero) is 1. The van der Waals surface area contributed by atoms with Crippen LogP contribution in [0.5, 0.6) is 0 Å². The third-order valence-electron chi connectivity index (χ3n) is 2.30. The van der Waals surface area contributed by atoms with Gasteiger partial charge in [-0.15, -0.1) is 0 Å². The third kappa shape index (κ3) is 1.90. The fourth-order valence-corrected chi connectivity index (χ4v) is 1.48. The van der Waals surface area contributed by atoms with Gasteiger partial charge in [0.25, 0.3) is 5.69 Å². The van der Waals surface area contributed by atoms with E-state index in [0.717, 1.165) is 4.68 Å². The van der Waals surface area contributed by atoms with Crippen LogP contribution in [-0.4, -0.2) is 16.0 Å². The number of benzene rings is 1. The van der Waals surface area contributed by atoms with Crippen molar-refractivity contribution in [2.24, 2.45) is 0 Å². The minimum atomic E-state index is -0.791. The van der Waals surface area contributed by atoms with Crippen LogP contribution in [0.15, 0.2) is 33.6 Å². The molecule has 0 atom stereocenters. The standard InChI is InChI=1S/C10H7N3O5/c1-6(14)9-10(15)18-11-12(9)7-2-4-8(5-3-7)13(16)17/h2-5H,1H3/p+1. The molecule has 8 nitrogen and oxygen atoms in total. The van der Waals surface area contributed by atoms with Gasteiger partial charge in [-0.05, 0) is 9.95 Å². The Balaban J connectivity index is 2.53. The fourth-order valence-electron chi connectivity index (χ4n) is 1.48. The number of non-ortho nitro benzene ring substituents is 1. The van der Waals surface area contributed by atoms with Crippen molar-refractivity contribution < 1.29 is 18.9 Å². The monoisotopic (exact) mass is 250 g/mol. The van der Waals surface area contributed by atoms with Gasteiger partial charge >= 0.3 is 11.3 Å². The highest BCUT2D eigenvalue weighted by Crippen LogP contribution is 2.11. The number of nitrogens with one attached hydrogen (secondary N) is 1. The Hall–Kier alpha value is -2.77. The van der Waals surface area contributed by atoms with Crippen molar-refractivity contribution in [3.63, 3.8) is 0 Å². The van der Waals surface area contributed by atoms with Crippen molar-refractivity contribution in [3.8, 4) is 5.69 Å². The zero-order valence-electron chi connectivity index (χ0n) is 9.25. The maximum absolute atomic E-state index is 11.3. The molecule has 1 N–H and O–H groups in total. The number of ketones is 1. The van der Waals surface area contributed by atoms with Crippen LogP contribution >= 0.6 is 0 Å². The van der Waals surface area contributed by atoms with Crippen molar-refractivity contribution in [1.82, 2.24) is 5.27 Å². The van der Waals surface area contributed by atoms with Gasteiger partial charge in [-0.1, -0.05) is 0 Å². The number of nitro groups is 1. The Labute approximate surface area is 99.6 Å². The second-order valence-corrected chi connectivity index (χ2v) is 3.49. The molecule has 18 heavy (non-hydrogen) atoms. The summed E-state index contributed by atoms with van der Waals surface area (Å²) in [4.78, 5) is 32.5. The van der Waals surface area contributed by atoms with E-state index in [0.29, 0.717) is 5.69 Å². The molecule has 2 aromatic rings. The van der Waals surface area contributed by atoms with Crippen molar-refractivity contribution in [2.45, 2.75) is 6.92 Å². The first-order valence-electron chi connectivity index (χ1n) is 4.90. The van der Waals surface area contributed by atoms with E-state index >= 15 is 0 Å². The summed E-state index contributed by atoms with van der Waals surface area (Å²) < 4.78 is 5.65. The molecule has 0 fully saturated rings. The van der Waals surface area contributed by atoms with Crippen LogP contribution in [0.1, 0.15) is 17.4 Å². The molecule has 1 aromatic carbocycles. The van der Waals surface area contributed by atoms with Crippen LogP contribution in [0, 0.1) is 10.1 Å². The highest BCUT2D eigenvalue weighted by Gasteiger charge is 2.27. The quantitative estimate of drug-likeness (QED) is 0.366. The fraction of sp³-hybridized carbons (Fsp3) is 0.100. The molecular weight excluding hydrogens is 242 g/mol.